The van der Waals surface area contributed by atoms with E-state index < -0.39 is 0 Å². The Hall–Kier alpha value is -0.160. The summed E-state index contributed by atoms with van der Waals surface area (Å²) in [5.74, 6) is 0.819. The lowest BCUT2D eigenvalue weighted by Crippen LogP contribution is -2.55. The molecule has 0 aromatic heterocycles. The first-order valence-electron chi connectivity index (χ1n) is 7.43. The van der Waals surface area contributed by atoms with E-state index in [1.807, 2.05) is 0 Å². The largest absolute Gasteiger partial charge is 0.379 e. The van der Waals surface area contributed by atoms with Crippen LogP contribution in [0.5, 0.6) is 0 Å². The molecule has 4 nitrogen and oxygen atoms in total. The molecule has 2 aliphatic heterocycles. The van der Waals surface area contributed by atoms with Gasteiger partial charge in [-0.1, -0.05) is 0 Å². The second-order valence-electron chi connectivity index (χ2n) is 6.26. The van der Waals surface area contributed by atoms with E-state index in [0.29, 0.717) is 0 Å². The normalized spacial score (nSPS) is 27.3. The number of piperidine rings is 1. The Morgan fingerprint density at radius 2 is 2.11 bits per heavy atom. The number of rotatable bonds is 5. The van der Waals surface area contributed by atoms with Crippen molar-refractivity contribution in [3.8, 4) is 0 Å². The molecule has 2 N–H and O–H groups in total. The fourth-order valence-electron chi connectivity index (χ4n) is 2.96. The third-order valence-corrected chi connectivity index (χ3v) is 4.26. The van der Waals surface area contributed by atoms with Crippen LogP contribution in [-0.4, -0.2) is 62.9 Å². The predicted octanol–water partition coefficient (Wildman–Crippen LogP) is 0.686. The van der Waals surface area contributed by atoms with Gasteiger partial charge in [0.2, 0.25) is 0 Å². The first-order chi connectivity index (χ1) is 8.68. The summed E-state index contributed by atoms with van der Waals surface area (Å²) >= 11 is 0. The van der Waals surface area contributed by atoms with Gasteiger partial charge in [0.15, 0.2) is 0 Å². The van der Waals surface area contributed by atoms with Crippen LogP contribution in [0.2, 0.25) is 0 Å². The molecule has 0 bridgehead atoms. The Morgan fingerprint density at radius 1 is 1.33 bits per heavy atom. The molecular weight excluding hydrogens is 226 g/mol. The molecule has 106 valence electrons. The highest BCUT2D eigenvalue weighted by molar-refractivity contribution is 4.85. The van der Waals surface area contributed by atoms with E-state index in [1.54, 1.807) is 0 Å². The number of hydrogen-bond acceptors (Lipinski definition) is 4. The number of hydrogen-bond donors (Lipinski definition) is 2. The number of nitrogens with one attached hydrogen (secondary N) is 2. The molecule has 2 heterocycles. The van der Waals surface area contributed by atoms with Crippen molar-refractivity contribution in [3.05, 3.63) is 0 Å². The molecule has 1 atom stereocenters. The summed E-state index contributed by atoms with van der Waals surface area (Å²) in [6.07, 6.45) is 2.71. The van der Waals surface area contributed by atoms with Gasteiger partial charge in [0.25, 0.3) is 0 Å². The molecule has 0 aromatic rings. The van der Waals surface area contributed by atoms with Gasteiger partial charge >= 0.3 is 0 Å². The average Bonchev–Trinajstić information content (AvgIpc) is 2.41. The first kappa shape index (κ1) is 14.3. The topological polar surface area (TPSA) is 36.5 Å². The molecule has 0 aromatic carbocycles. The lowest BCUT2D eigenvalue weighted by molar-refractivity contribution is -0.00982. The lowest BCUT2D eigenvalue weighted by Gasteiger charge is -2.41. The highest BCUT2D eigenvalue weighted by Gasteiger charge is 2.28. The van der Waals surface area contributed by atoms with Crippen molar-refractivity contribution in [1.82, 2.24) is 15.5 Å². The second-order valence-corrected chi connectivity index (χ2v) is 6.26. The summed E-state index contributed by atoms with van der Waals surface area (Å²) in [4.78, 5) is 2.54. The standard InChI is InChI=1S/C14H29N3O/c1-14(2,17-6-8-18-9-7-17)12-16-11-13-4-3-5-15-10-13/h13,15-16H,3-12H2,1-2H3. The molecule has 0 saturated carbocycles. The third-order valence-electron chi connectivity index (χ3n) is 4.26. The maximum Gasteiger partial charge on any atom is 0.0594 e. The Morgan fingerprint density at radius 3 is 2.78 bits per heavy atom. The molecule has 2 saturated heterocycles. The molecular formula is C14H29N3O. The van der Waals surface area contributed by atoms with Crippen molar-refractivity contribution in [2.45, 2.75) is 32.2 Å². The zero-order valence-electron chi connectivity index (χ0n) is 12.0. The van der Waals surface area contributed by atoms with Crippen molar-refractivity contribution in [3.63, 3.8) is 0 Å². The molecule has 2 fully saturated rings. The monoisotopic (exact) mass is 255 g/mol. The summed E-state index contributed by atoms with van der Waals surface area (Å²) < 4.78 is 5.42. The number of morpholine rings is 1. The number of ether oxygens (including phenoxy) is 1. The molecule has 0 aliphatic carbocycles. The Bertz CT molecular complexity index is 233. The van der Waals surface area contributed by atoms with Crippen molar-refractivity contribution in [2.75, 3.05) is 52.5 Å². The van der Waals surface area contributed by atoms with Crippen LogP contribution in [0.4, 0.5) is 0 Å². The lowest BCUT2D eigenvalue weighted by atomic mass is 9.98. The van der Waals surface area contributed by atoms with Crippen LogP contribution in [0.3, 0.4) is 0 Å². The van der Waals surface area contributed by atoms with Crippen LogP contribution in [0, 0.1) is 5.92 Å². The van der Waals surface area contributed by atoms with Gasteiger partial charge in [-0.25, -0.2) is 0 Å². The maximum atomic E-state index is 5.42. The van der Waals surface area contributed by atoms with Crippen LogP contribution in [0.25, 0.3) is 0 Å². The molecule has 0 spiro atoms. The maximum absolute atomic E-state index is 5.42. The highest BCUT2D eigenvalue weighted by Crippen LogP contribution is 2.15. The Kier molecular flexibility index (Phi) is 5.42. The molecule has 2 aliphatic rings. The highest BCUT2D eigenvalue weighted by atomic mass is 16.5. The third kappa shape index (κ3) is 4.19. The van der Waals surface area contributed by atoms with Gasteiger partial charge in [0.05, 0.1) is 13.2 Å². The smallest absolute Gasteiger partial charge is 0.0594 e. The Balaban J connectivity index is 1.67. The summed E-state index contributed by atoms with van der Waals surface area (Å²) in [7, 11) is 0. The van der Waals surface area contributed by atoms with Gasteiger partial charge in [-0.05, 0) is 52.2 Å². The van der Waals surface area contributed by atoms with Gasteiger partial charge in [-0.3, -0.25) is 4.90 Å². The van der Waals surface area contributed by atoms with Crippen molar-refractivity contribution in [2.24, 2.45) is 5.92 Å². The first-order valence-corrected chi connectivity index (χ1v) is 7.43. The summed E-state index contributed by atoms with van der Waals surface area (Å²) in [6.45, 7) is 13.2. The fourth-order valence-corrected chi connectivity index (χ4v) is 2.96. The molecule has 0 radical (unpaired) electrons. The second kappa shape index (κ2) is 6.85. The van der Waals surface area contributed by atoms with Crippen LogP contribution < -0.4 is 10.6 Å². The summed E-state index contributed by atoms with van der Waals surface area (Å²) in [6, 6.07) is 0. The summed E-state index contributed by atoms with van der Waals surface area (Å²) in [5, 5.41) is 7.15. The minimum Gasteiger partial charge on any atom is -0.379 e. The fraction of sp³-hybridized carbons (Fsp3) is 1.00. The average molecular weight is 255 g/mol. The van der Waals surface area contributed by atoms with E-state index >= 15 is 0 Å². The van der Waals surface area contributed by atoms with Crippen molar-refractivity contribution >= 4 is 0 Å². The van der Waals surface area contributed by atoms with Gasteiger partial charge in [-0.15, -0.1) is 0 Å². The van der Waals surface area contributed by atoms with Gasteiger partial charge in [0, 0.05) is 25.2 Å². The van der Waals surface area contributed by atoms with Crippen LogP contribution in [0.1, 0.15) is 26.7 Å². The molecule has 1 unspecified atom stereocenters. The summed E-state index contributed by atoms with van der Waals surface area (Å²) in [5.41, 5.74) is 0.242. The zero-order chi connectivity index (χ0) is 12.8. The van der Waals surface area contributed by atoms with E-state index in [2.05, 4.69) is 29.4 Å². The van der Waals surface area contributed by atoms with Crippen LogP contribution in [0.15, 0.2) is 0 Å². The van der Waals surface area contributed by atoms with Crippen molar-refractivity contribution < 1.29 is 4.74 Å². The van der Waals surface area contributed by atoms with Crippen molar-refractivity contribution in [1.29, 1.82) is 0 Å². The molecule has 18 heavy (non-hydrogen) atoms. The zero-order valence-corrected chi connectivity index (χ0v) is 12.0. The number of nitrogens with zero attached hydrogens (tertiary/aromatic N) is 1. The van der Waals surface area contributed by atoms with Crippen LogP contribution in [-0.2, 0) is 4.74 Å². The van der Waals surface area contributed by atoms with Gasteiger partial charge < -0.3 is 15.4 Å². The quantitative estimate of drug-likeness (QED) is 0.758. The van der Waals surface area contributed by atoms with E-state index in [4.69, 9.17) is 4.74 Å². The predicted molar refractivity (Wildman–Crippen MR) is 74.9 cm³/mol. The van der Waals surface area contributed by atoms with Gasteiger partial charge in [0.1, 0.15) is 0 Å². The van der Waals surface area contributed by atoms with Crippen LogP contribution >= 0.6 is 0 Å². The van der Waals surface area contributed by atoms with E-state index in [0.717, 1.165) is 45.3 Å². The van der Waals surface area contributed by atoms with E-state index in [1.165, 1.54) is 25.9 Å². The molecule has 0 amide bonds. The minimum absolute atomic E-state index is 0.242. The van der Waals surface area contributed by atoms with E-state index in [-0.39, 0.29) is 5.54 Å². The van der Waals surface area contributed by atoms with E-state index in [9.17, 15) is 0 Å². The Labute approximate surface area is 111 Å². The minimum atomic E-state index is 0.242. The molecule has 2 rings (SSSR count). The van der Waals surface area contributed by atoms with Gasteiger partial charge in [-0.2, -0.15) is 0 Å². The molecule has 4 heteroatoms. The SMILES string of the molecule is CC(C)(CNCC1CCCNC1)N1CCOCC1.